The maximum absolute atomic E-state index is 12.2. The molecule has 1 heterocycles. The zero-order valence-corrected chi connectivity index (χ0v) is 11.3. The average molecular weight is 298 g/mol. The fourth-order valence-corrected chi connectivity index (χ4v) is 1.51. The van der Waals surface area contributed by atoms with Crippen molar-refractivity contribution in [1.82, 2.24) is 15.0 Å². The summed E-state index contributed by atoms with van der Waals surface area (Å²) in [6.45, 7) is 3.99. The van der Waals surface area contributed by atoms with Crippen LogP contribution in [0.2, 0.25) is 5.28 Å². The Morgan fingerprint density at radius 3 is 2.42 bits per heavy atom. The molecule has 0 bridgehead atoms. The summed E-state index contributed by atoms with van der Waals surface area (Å²) in [4.78, 5) is 11.5. The lowest BCUT2D eigenvalue weighted by Crippen LogP contribution is -2.25. The third-order valence-electron chi connectivity index (χ3n) is 2.05. The lowest BCUT2D eigenvalue weighted by molar-refractivity contribution is -0.136. The molecule has 1 rings (SSSR count). The SMILES string of the molecule is CCCNc1nc(Cl)nc(NC(C)CC(F)(F)F)n1. The van der Waals surface area contributed by atoms with Crippen molar-refractivity contribution in [3.63, 3.8) is 0 Å². The molecule has 0 radical (unpaired) electrons. The van der Waals surface area contributed by atoms with Gasteiger partial charge in [-0.05, 0) is 24.9 Å². The summed E-state index contributed by atoms with van der Waals surface area (Å²) in [6.07, 6.45) is -4.36. The van der Waals surface area contributed by atoms with Crippen molar-refractivity contribution >= 4 is 23.5 Å². The summed E-state index contributed by atoms with van der Waals surface area (Å²) in [5.41, 5.74) is 0. The van der Waals surface area contributed by atoms with Crippen LogP contribution >= 0.6 is 11.6 Å². The van der Waals surface area contributed by atoms with Crippen LogP contribution in [0.3, 0.4) is 0 Å². The van der Waals surface area contributed by atoms with E-state index in [1.165, 1.54) is 6.92 Å². The molecule has 0 saturated heterocycles. The van der Waals surface area contributed by atoms with E-state index in [9.17, 15) is 13.2 Å². The minimum atomic E-state index is -4.24. The largest absolute Gasteiger partial charge is 0.391 e. The van der Waals surface area contributed by atoms with Crippen molar-refractivity contribution in [3.05, 3.63) is 5.28 Å². The standard InChI is InChI=1S/C10H15ClF3N5/c1-3-4-15-8-17-7(11)18-9(19-8)16-6(2)5-10(12,13)14/h6H,3-5H2,1-2H3,(H2,15,16,17,18,19). The summed E-state index contributed by atoms with van der Waals surface area (Å²) >= 11 is 5.68. The van der Waals surface area contributed by atoms with Gasteiger partial charge in [-0.1, -0.05) is 6.92 Å². The Morgan fingerprint density at radius 2 is 1.84 bits per heavy atom. The number of anilines is 2. The predicted molar refractivity (Wildman–Crippen MR) is 67.4 cm³/mol. The van der Waals surface area contributed by atoms with Crippen LogP contribution in [0.25, 0.3) is 0 Å². The first-order chi connectivity index (χ1) is 8.80. The van der Waals surface area contributed by atoms with E-state index in [0.29, 0.717) is 6.54 Å². The fourth-order valence-electron chi connectivity index (χ4n) is 1.35. The molecule has 9 heteroatoms. The summed E-state index contributed by atoms with van der Waals surface area (Å²) in [6, 6.07) is -0.850. The van der Waals surface area contributed by atoms with E-state index >= 15 is 0 Å². The van der Waals surface area contributed by atoms with E-state index in [2.05, 4.69) is 25.6 Å². The van der Waals surface area contributed by atoms with Gasteiger partial charge in [-0.25, -0.2) is 0 Å². The Hall–Kier alpha value is -1.31. The zero-order valence-electron chi connectivity index (χ0n) is 10.6. The summed E-state index contributed by atoms with van der Waals surface area (Å²) in [5, 5.41) is 5.36. The van der Waals surface area contributed by atoms with Gasteiger partial charge in [0.15, 0.2) is 0 Å². The molecule has 1 atom stereocenters. The molecule has 1 unspecified atom stereocenters. The van der Waals surface area contributed by atoms with Gasteiger partial charge in [-0.2, -0.15) is 28.1 Å². The van der Waals surface area contributed by atoms with Crippen LogP contribution in [0.1, 0.15) is 26.7 Å². The second-order valence-electron chi connectivity index (χ2n) is 4.04. The highest BCUT2D eigenvalue weighted by Gasteiger charge is 2.30. The molecule has 108 valence electrons. The van der Waals surface area contributed by atoms with Crippen molar-refractivity contribution in [3.8, 4) is 0 Å². The van der Waals surface area contributed by atoms with Crippen molar-refractivity contribution in [2.24, 2.45) is 0 Å². The van der Waals surface area contributed by atoms with E-state index < -0.39 is 18.6 Å². The van der Waals surface area contributed by atoms with Crippen LogP contribution in [-0.4, -0.2) is 33.7 Å². The quantitative estimate of drug-likeness (QED) is 0.845. The number of aromatic nitrogens is 3. The van der Waals surface area contributed by atoms with Crippen LogP contribution in [-0.2, 0) is 0 Å². The van der Waals surface area contributed by atoms with E-state index in [0.717, 1.165) is 6.42 Å². The first-order valence-electron chi connectivity index (χ1n) is 5.79. The lowest BCUT2D eigenvalue weighted by Gasteiger charge is -2.16. The Balaban J connectivity index is 2.69. The average Bonchev–Trinajstić information content (AvgIpc) is 2.22. The van der Waals surface area contributed by atoms with Gasteiger partial charge in [0.25, 0.3) is 0 Å². The number of hydrogen-bond acceptors (Lipinski definition) is 5. The number of hydrogen-bond donors (Lipinski definition) is 2. The highest BCUT2D eigenvalue weighted by molar-refractivity contribution is 6.28. The summed E-state index contributed by atoms with van der Waals surface area (Å²) < 4.78 is 36.6. The molecule has 0 saturated carbocycles. The van der Waals surface area contributed by atoms with Gasteiger partial charge < -0.3 is 10.6 Å². The Morgan fingerprint density at radius 1 is 1.21 bits per heavy atom. The van der Waals surface area contributed by atoms with Gasteiger partial charge in [0.2, 0.25) is 17.2 Å². The first kappa shape index (κ1) is 15.7. The van der Waals surface area contributed by atoms with Gasteiger partial charge in [-0.15, -0.1) is 0 Å². The molecule has 0 aromatic carbocycles. The monoisotopic (exact) mass is 297 g/mol. The van der Waals surface area contributed by atoms with Crippen LogP contribution in [0.15, 0.2) is 0 Å². The van der Waals surface area contributed by atoms with Crippen LogP contribution in [0.4, 0.5) is 25.1 Å². The van der Waals surface area contributed by atoms with Gasteiger partial charge >= 0.3 is 6.18 Å². The number of halogens is 4. The molecule has 0 aliphatic carbocycles. The van der Waals surface area contributed by atoms with Crippen molar-refractivity contribution < 1.29 is 13.2 Å². The molecular weight excluding hydrogens is 283 g/mol. The van der Waals surface area contributed by atoms with Gasteiger partial charge in [0.1, 0.15) is 0 Å². The second kappa shape index (κ2) is 6.74. The van der Waals surface area contributed by atoms with Gasteiger partial charge in [0, 0.05) is 12.6 Å². The highest BCUT2D eigenvalue weighted by atomic mass is 35.5. The fraction of sp³-hybridized carbons (Fsp3) is 0.700. The van der Waals surface area contributed by atoms with Gasteiger partial charge in [-0.3, -0.25) is 0 Å². The molecule has 1 aromatic heterocycles. The zero-order chi connectivity index (χ0) is 14.5. The number of rotatable bonds is 6. The molecule has 0 aliphatic rings. The Bertz CT molecular complexity index is 413. The van der Waals surface area contributed by atoms with E-state index in [-0.39, 0.29) is 17.2 Å². The van der Waals surface area contributed by atoms with E-state index in [1.807, 2.05) is 6.92 Å². The topological polar surface area (TPSA) is 62.7 Å². The predicted octanol–water partition coefficient (Wildman–Crippen LogP) is 3.10. The normalized spacial score (nSPS) is 13.2. The Labute approximate surface area is 114 Å². The summed E-state index contributed by atoms with van der Waals surface area (Å²) in [7, 11) is 0. The molecule has 0 fully saturated rings. The first-order valence-corrected chi connectivity index (χ1v) is 6.16. The number of nitrogens with zero attached hydrogens (tertiary/aromatic N) is 3. The van der Waals surface area contributed by atoms with Crippen LogP contribution < -0.4 is 10.6 Å². The Kier molecular flexibility index (Phi) is 5.59. The van der Waals surface area contributed by atoms with Crippen molar-refractivity contribution in [2.45, 2.75) is 38.9 Å². The smallest absolute Gasteiger partial charge is 0.354 e. The lowest BCUT2D eigenvalue weighted by atomic mass is 10.2. The van der Waals surface area contributed by atoms with E-state index in [4.69, 9.17) is 11.6 Å². The number of alkyl halides is 3. The van der Waals surface area contributed by atoms with Crippen molar-refractivity contribution in [2.75, 3.05) is 17.2 Å². The molecule has 5 nitrogen and oxygen atoms in total. The number of nitrogens with one attached hydrogen (secondary N) is 2. The molecule has 1 aromatic rings. The summed E-state index contributed by atoms with van der Waals surface area (Å²) in [5.74, 6) is 0.263. The molecule has 0 amide bonds. The third-order valence-corrected chi connectivity index (χ3v) is 2.22. The minimum Gasteiger partial charge on any atom is -0.354 e. The van der Waals surface area contributed by atoms with Crippen LogP contribution in [0, 0.1) is 0 Å². The van der Waals surface area contributed by atoms with Crippen molar-refractivity contribution in [1.29, 1.82) is 0 Å². The minimum absolute atomic E-state index is 0.0235. The van der Waals surface area contributed by atoms with Gasteiger partial charge in [0.05, 0.1) is 6.42 Å². The molecular formula is C10H15ClF3N5. The molecule has 0 spiro atoms. The highest BCUT2D eigenvalue weighted by Crippen LogP contribution is 2.22. The third kappa shape index (κ3) is 6.42. The second-order valence-corrected chi connectivity index (χ2v) is 4.38. The van der Waals surface area contributed by atoms with Crippen LogP contribution in [0.5, 0.6) is 0 Å². The maximum Gasteiger partial charge on any atom is 0.391 e. The van der Waals surface area contributed by atoms with E-state index in [1.54, 1.807) is 0 Å². The molecule has 0 aliphatic heterocycles. The molecule has 19 heavy (non-hydrogen) atoms. The maximum atomic E-state index is 12.2. The molecule has 2 N–H and O–H groups in total.